The van der Waals surface area contributed by atoms with Gasteiger partial charge in [0.25, 0.3) is 5.56 Å². The van der Waals surface area contributed by atoms with E-state index in [4.69, 9.17) is 0 Å². The molecule has 1 saturated carbocycles. The topological polar surface area (TPSA) is 64.7 Å². The molecule has 3 aromatic rings. The van der Waals surface area contributed by atoms with Crippen LogP contribution in [0.1, 0.15) is 30.3 Å². The lowest BCUT2D eigenvalue weighted by Crippen LogP contribution is -2.19. The highest BCUT2D eigenvalue weighted by atomic mass is 16.1. The highest BCUT2D eigenvalue weighted by molar-refractivity contribution is 5.35. The number of nitrogens with one attached hydrogen (secondary N) is 1. The highest BCUT2D eigenvalue weighted by Gasteiger charge is 2.26. The summed E-state index contributed by atoms with van der Waals surface area (Å²) in [6.07, 6.45) is 4.15. The highest BCUT2D eigenvalue weighted by Crippen LogP contribution is 2.38. The number of nitrogens with zero attached hydrogens (tertiary/aromatic N) is 4. The van der Waals surface area contributed by atoms with E-state index in [1.165, 1.54) is 12.8 Å². The molecular weight excluding hydrogens is 302 g/mol. The van der Waals surface area contributed by atoms with Crippen LogP contribution in [-0.4, -0.2) is 19.3 Å². The van der Waals surface area contributed by atoms with Gasteiger partial charge in [-0.2, -0.15) is 0 Å². The van der Waals surface area contributed by atoms with E-state index in [1.54, 1.807) is 16.9 Å². The second-order valence-electron chi connectivity index (χ2n) is 6.07. The van der Waals surface area contributed by atoms with Gasteiger partial charge in [0, 0.05) is 25.2 Å². The second kappa shape index (κ2) is 5.96. The Hall–Kier alpha value is -2.89. The molecule has 1 aromatic carbocycles. The van der Waals surface area contributed by atoms with E-state index >= 15 is 0 Å². The Bertz CT molecular complexity index is 909. The van der Waals surface area contributed by atoms with Crippen LogP contribution in [0.25, 0.3) is 5.69 Å². The summed E-state index contributed by atoms with van der Waals surface area (Å²) < 4.78 is 3.53. The molecule has 1 fully saturated rings. The molecule has 1 N–H and O–H groups in total. The molecule has 2 heterocycles. The zero-order valence-electron chi connectivity index (χ0n) is 13.5. The first-order valence-corrected chi connectivity index (χ1v) is 8.12. The fourth-order valence-corrected chi connectivity index (χ4v) is 2.80. The van der Waals surface area contributed by atoms with Crippen molar-refractivity contribution in [1.29, 1.82) is 0 Å². The third-order valence-electron chi connectivity index (χ3n) is 4.28. The van der Waals surface area contributed by atoms with Gasteiger partial charge in [-0.1, -0.05) is 18.2 Å². The van der Waals surface area contributed by atoms with Crippen molar-refractivity contribution in [3.8, 4) is 5.69 Å². The molecule has 0 aliphatic heterocycles. The average molecular weight is 321 g/mol. The van der Waals surface area contributed by atoms with E-state index in [1.807, 2.05) is 48.1 Å². The Labute approximate surface area is 139 Å². The summed E-state index contributed by atoms with van der Waals surface area (Å²) in [5.74, 6) is 2.23. The number of aromatic nitrogens is 4. The fourth-order valence-electron chi connectivity index (χ4n) is 2.80. The van der Waals surface area contributed by atoms with Gasteiger partial charge in [0.2, 0.25) is 0 Å². The molecule has 6 heteroatoms. The van der Waals surface area contributed by atoms with Crippen LogP contribution in [0.3, 0.4) is 0 Å². The van der Waals surface area contributed by atoms with Crippen molar-refractivity contribution >= 4 is 5.82 Å². The molecule has 1 aliphatic carbocycles. The molecule has 0 radical (unpaired) electrons. The summed E-state index contributed by atoms with van der Waals surface area (Å²) in [7, 11) is 1.89. The maximum Gasteiger partial charge on any atom is 0.271 e. The minimum absolute atomic E-state index is 0.0399. The second-order valence-corrected chi connectivity index (χ2v) is 6.07. The van der Waals surface area contributed by atoms with Crippen LogP contribution in [-0.2, 0) is 13.6 Å². The third-order valence-corrected chi connectivity index (χ3v) is 4.28. The fraction of sp³-hybridized carbons (Fsp3) is 0.278. The van der Waals surface area contributed by atoms with Gasteiger partial charge in [0.1, 0.15) is 11.6 Å². The number of para-hydroxylation sites is 1. The van der Waals surface area contributed by atoms with E-state index in [2.05, 4.69) is 15.3 Å². The molecule has 0 bridgehead atoms. The Morgan fingerprint density at radius 2 is 2.00 bits per heavy atom. The SMILES string of the molecule is Cn1c(CNc2ccnc(C3CC3)n2)cc(=O)n1-c1ccccc1. The maximum atomic E-state index is 12.3. The van der Waals surface area contributed by atoms with Crippen molar-refractivity contribution in [2.75, 3.05) is 5.32 Å². The maximum absolute atomic E-state index is 12.3. The van der Waals surface area contributed by atoms with Gasteiger partial charge in [0.15, 0.2) is 0 Å². The normalized spacial score (nSPS) is 13.9. The van der Waals surface area contributed by atoms with Gasteiger partial charge < -0.3 is 5.32 Å². The Morgan fingerprint density at radius 1 is 1.21 bits per heavy atom. The molecule has 0 unspecified atom stereocenters. The van der Waals surface area contributed by atoms with Crippen molar-refractivity contribution in [1.82, 2.24) is 19.3 Å². The molecule has 0 atom stereocenters. The molecule has 0 saturated heterocycles. The predicted molar refractivity (Wildman–Crippen MR) is 92.3 cm³/mol. The van der Waals surface area contributed by atoms with Crippen LogP contribution in [0.15, 0.2) is 53.5 Å². The Balaban J connectivity index is 1.55. The van der Waals surface area contributed by atoms with Crippen LogP contribution in [0, 0.1) is 0 Å². The van der Waals surface area contributed by atoms with Gasteiger partial charge in [-0.05, 0) is 31.0 Å². The number of benzene rings is 1. The molecule has 1 aliphatic rings. The molecule has 2 aromatic heterocycles. The van der Waals surface area contributed by atoms with Crippen LogP contribution in [0.5, 0.6) is 0 Å². The van der Waals surface area contributed by atoms with Gasteiger partial charge in [-0.25, -0.2) is 14.6 Å². The average Bonchev–Trinajstić information content (AvgIpc) is 3.41. The number of rotatable bonds is 5. The monoisotopic (exact) mass is 321 g/mol. The summed E-state index contributed by atoms with van der Waals surface area (Å²) in [6, 6.07) is 13.1. The Kier molecular flexibility index (Phi) is 3.65. The number of hydrogen-bond donors (Lipinski definition) is 1. The minimum atomic E-state index is -0.0399. The van der Waals surface area contributed by atoms with Crippen LogP contribution in [0.4, 0.5) is 5.82 Å². The van der Waals surface area contributed by atoms with E-state index in [-0.39, 0.29) is 5.56 Å². The van der Waals surface area contributed by atoms with E-state index in [0.717, 1.165) is 23.0 Å². The summed E-state index contributed by atoms with van der Waals surface area (Å²) in [6.45, 7) is 0.534. The van der Waals surface area contributed by atoms with Crippen molar-refractivity contribution in [3.63, 3.8) is 0 Å². The van der Waals surface area contributed by atoms with Crippen molar-refractivity contribution < 1.29 is 0 Å². The third kappa shape index (κ3) is 2.82. The molecule has 0 amide bonds. The first-order valence-electron chi connectivity index (χ1n) is 8.12. The quantitative estimate of drug-likeness (QED) is 0.784. The van der Waals surface area contributed by atoms with Crippen molar-refractivity contribution in [3.05, 3.63) is 70.5 Å². The summed E-state index contributed by atoms with van der Waals surface area (Å²) in [4.78, 5) is 21.2. The van der Waals surface area contributed by atoms with Crippen LogP contribution < -0.4 is 10.9 Å². The van der Waals surface area contributed by atoms with Crippen molar-refractivity contribution in [2.45, 2.75) is 25.3 Å². The number of anilines is 1. The first-order chi connectivity index (χ1) is 11.7. The van der Waals surface area contributed by atoms with Crippen molar-refractivity contribution in [2.24, 2.45) is 7.05 Å². The van der Waals surface area contributed by atoms with E-state index in [0.29, 0.717) is 12.5 Å². The summed E-state index contributed by atoms with van der Waals surface area (Å²) in [5, 5.41) is 3.29. The summed E-state index contributed by atoms with van der Waals surface area (Å²) >= 11 is 0. The molecule has 4 rings (SSSR count). The largest absolute Gasteiger partial charge is 0.364 e. The standard InChI is InChI=1S/C18H19N5O/c1-22-15(11-17(24)23(22)14-5-3-2-4-6-14)12-20-16-9-10-19-18(21-16)13-7-8-13/h2-6,9-11,13H,7-8,12H2,1H3,(H,19,20,21). The predicted octanol–water partition coefficient (Wildman–Crippen LogP) is 2.46. The van der Waals surface area contributed by atoms with Crippen LogP contribution in [0.2, 0.25) is 0 Å². The molecule has 122 valence electrons. The lowest BCUT2D eigenvalue weighted by atomic mass is 10.3. The van der Waals surface area contributed by atoms with Gasteiger partial charge in [-0.15, -0.1) is 0 Å². The molecule has 24 heavy (non-hydrogen) atoms. The summed E-state index contributed by atoms with van der Waals surface area (Å²) in [5.41, 5.74) is 1.71. The van der Waals surface area contributed by atoms with Gasteiger partial charge in [-0.3, -0.25) is 9.48 Å². The zero-order chi connectivity index (χ0) is 16.5. The smallest absolute Gasteiger partial charge is 0.271 e. The minimum Gasteiger partial charge on any atom is -0.364 e. The van der Waals surface area contributed by atoms with E-state index in [9.17, 15) is 4.79 Å². The first kappa shape index (κ1) is 14.7. The number of hydrogen-bond acceptors (Lipinski definition) is 4. The van der Waals surface area contributed by atoms with Gasteiger partial charge >= 0.3 is 0 Å². The molecule has 0 spiro atoms. The zero-order valence-corrected chi connectivity index (χ0v) is 13.5. The lowest BCUT2D eigenvalue weighted by molar-refractivity contribution is 0.619. The van der Waals surface area contributed by atoms with E-state index < -0.39 is 0 Å². The molecule has 6 nitrogen and oxygen atoms in total. The Morgan fingerprint density at radius 3 is 2.75 bits per heavy atom. The van der Waals surface area contributed by atoms with Crippen LogP contribution >= 0.6 is 0 Å². The molecular formula is C18H19N5O. The van der Waals surface area contributed by atoms with Gasteiger partial charge in [0.05, 0.1) is 17.9 Å². The lowest BCUT2D eigenvalue weighted by Gasteiger charge is -2.11.